The molecule has 0 aliphatic carbocycles. The van der Waals surface area contributed by atoms with Crippen LogP contribution in [0.15, 0.2) is 0 Å². The minimum atomic E-state index is -1.42. The summed E-state index contributed by atoms with van der Waals surface area (Å²) in [6.45, 7) is 9.50. The van der Waals surface area contributed by atoms with Gasteiger partial charge < -0.3 is 35.4 Å². The summed E-state index contributed by atoms with van der Waals surface area (Å²) < 4.78 is 7.11. The zero-order valence-corrected chi connectivity index (χ0v) is 49.6. The first kappa shape index (κ1) is 71.7. The molecule has 7 heteroatoms. The van der Waals surface area contributed by atoms with E-state index in [-0.39, 0.29) is 6.61 Å². The van der Waals surface area contributed by atoms with Crippen LogP contribution >= 0.6 is 0 Å². The molecule has 6 N–H and O–H groups in total. The van der Waals surface area contributed by atoms with Crippen molar-refractivity contribution in [3.05, 3.63) is 0 Å². The molecule has 0 aromatic heterocycles. The summed E-state index contributed by atoms with van der Waals surface area (Å²) in [5.41, 5.74) is -5.52. The lowest BCUT2D eigenvalue weighted by Crippen LogP contribution is -2.70. The molecule has 434 valence electrons. The Labute approximate surface area is 450 Å². The molecular formula is C65H132O7. The summed E-state index contributed by atoms with van der Waals surface area (Å²) in [6, 6.07) is 0. The van der Waals surface area contributed by atoms with Crippen molar-refractivity contribution >= 4 is 0 Å². The van der Waals surface area contributed by atoms with Gasteiger partial charge in [-0.15, -0.1) is 0 Å². The molecule has 0 rings (SSSR count). The molecule has 0 aliphatic rings. The van der Waals surface area contributed by atoms with Gasteiger partial charge >= 0.3 is 0 Å². The Morgan fingerprint density at radius 3 is 0.694 bits per heavy atom. The van der Waals surface area contributed by atoms with Crippen LogP contribution in [0.5, 0.6) is 0 Å². The van der Waals surface area contributed by atoms with Crippen molar-refractivity contribution in [3.63, 3.8) is 0 Å². The summed E-state index contributed by atoms with van der Waals surface area (Å²) in [5, 5.41) is 72.8. The Hall–Kier alpha value is -0.280. The van der Waals surface area contributed by atoms with E-state index in [2.05, 4.69) is 34.6 Å². The number of unbranched alkanes of at least 4 members (excludes halogenated alkanes) is 40. The monoisotopic (exact) mass is 1020 g/mol. The van der Waals surface area contributed by atoms with Gasteiger partial charge in [-0.05, 0) is 32.1 Å². The van der Waals surface area contributed by atoms with Gasteiger partial charge in [-0.2, -0.15) is 0 Å². The number of ether oxygens (including phenoxy) is 1. The lowest BCUT2D eigenvalue weighted by molar-refractivity contribution is -0.280. The minimum absolute atomic E-state index is 0.112. The topological polar surface area (TPSA) is 131 Å². The van der Waals surface area contributed by atoms with Gasteiger partial charge in [0.15, 0.2) is 0 Å². The average Bonchev–Trinajstić information content (AvgIpc) is 3.39. The first-order valence-corrected chi connectivity index (χ1v) is 32.7. The number of aliphatic hydroxyl groups is 6. The molecule has 0 spiro atoms. The van der Waals surface area contributed by atoms with Crippen molar-refractivity contribution < 1.29 is 35.4 Å². The van der Waals surface area contributed by atoms with Crippen molar-refractivity contribution in [2.75, 3.05) is 33.0 Å². The van der Waals surface area contributed by atoms with E-state index in [9.17, 15) is 30.6 Å². The van der Waals surface area contributed by atoms with Gasteiger partial charge in [0, 0.05) is 0 Å². The fourth-order valence-electron chi connectivity index (χ4n) is 12.2. The quantitative estimate of drug-likeness (QED) is 0.0335. The lowest BCUT2D eigenvalue weighted by atomic mass is 9.52. The lowest BCUT2D eigenvalue weighted by Gasteiger charge is -2.59. The predicted molar refractivity (Wildman–Crippen MR) is 312 cm³/mol. The third kappa shape index (κ3) is 32.5. The molecule has 0 bridgehead atoms. The zero-order valence-electron chi connectivity index (χ0n) is 49.6. The molecule has 0 aromatic carbocycles. The fourth-order valence-corrected chi connectivity index (χ4v) is 12.2. The Bertz CT molecular complexity index is 973. The van der Waals surface area contributed by atoms with E-state index in [0.717, 1.165) is 96.3 Å². The highest BCUT2D eigenvalue weighted by molar-refractivity contribution is 5.14. The molecule has 7 nitrogen and oxygen atoms in total. The van der Waals surface area contributed by atoms with E-state index >= 15 is 0 Å². The first-order valence-electron chi connectivity index (χ1n) is 32.7. The predicted octanol–water partition coefficient (Wildman–Crippen LogP) is 18.4. The van der Waals surface area contributed by atoms with Crippen LogP contribution in [0.3, 0.4) is 0 Å². The van der Waals surface area contributed by atoms with Crippen molar-refractivity contribution in [2.24, 2.45) is 10.8 Å². The number of aliphatic hydroxyl groups excluding tert-OH is 4. The maximum absolute atomic E-state index is 14.1. The normalized spacial score (nSPS) is 13.2. The number of hydrogen-bond donors (Lipinski definition) is 6. The second-order valence-corrected chi connectivity index (χ2v) is 23.9. The highest BCUT2D eigenvalue weighted by atomic mass is 16.5. The average molecular weight is 1030 g/mol. The van der Waals surface area contributed by atoms with Crippen molar-refractivity contribution in [1.29, 1.82) is 0 Å². The summed E-state index contributed by atoms with van der Waals surface area (Å²) >= 11 is 0. The van der Waals surface area contributed by atoms with E-state index in [1.165, 1.54) is 193 Å². The van der Waals surface area contributed by atoms with Crippen LogP contribution < -0.4 is 0 Å². The molecule has 0 radical (unpaired) electrons. The third-order valence-electron chi connectivity index (χ3n) is 17.4. The van der Waals surface area contributed by atoms with Gasteiger partial charge in [0.2, 0.25) is 0 Å². The van der Waals surface area contributed by atoms with Crippen LogP contribution in [0, 0.1) is 10.8 Å². The zero-order chi connectivity index (χ0) is 53.2. The Morgan fingerprint density at radius 1 is 0.278 bits per heavy atom. The highest BCUT2D eigenvalue weighted by Crippen LogP contribution is 2.55. The van der Waals surface area contributed by atoms with Crippen LogP contribution in [-0.2, 0) is 4.74 Å². The molecule has 0 heterocycles. The Morgan fingerprint density at radius 2 is 0.486 bits per heavy atom. The van der Waals surface area contributed by atoms with E-state index in [0.29, 0.717) is 32.1 Å². The van der Waals surface area contributed by atoms with E-state index in [1.54, 1.807) is 0 Å². The van der Waals surface area contributed by atoms with Gasteiger partial charge in [-0.3, -0.25) is 0 Å². The highest BCUT2D eigenvalue weighted by Gasteiger charge is 2.65. The van der Waals surface area contributed by atoms with Crippen LogP contribution in [0.25, 0.3) is 0 Å². The smallest absolute Gasteiger partial charge is 0.0778 e. The Kier molecular flexibility index (Phi) is 50.0. The van der Waals surface area contributed by atoms with Crippen LogP contribution in [0.2, 0.25) is 0 Å². The van der Waals surface area contributed by atoms with Crippen molar-refractivity contribution in [3.8, 4) is 0 Å². The van der Waals surface area contributed by atoms with E-state index < -0.39 is 54.6 Å². The maximum Gasteiger partial charge on any atom is 0.0778 e. The van der Waals surface area contributed by atoms with Gasteiger partial charge in [0.25, 0.3) is 0 Å². The molecule has 0 aromatic rings. The Balaban J connectivity index is 7.44. The largest absolute Gasteiger partial charge is 0.396 e. The molecule has 0 fully saturated rings. The summed E-state index contributed by atoms with van der Waals surface area (Å²) in [4.78, 5) is 0. The summed E-state index contributed by atoms with van der Waals surface area (Å²) in [7, 11) is 0. The van der Waals surface area contributed by atoms with Crippen molar-refractivity contribution in [2.45, 2.75) is 373 Å². The van der Waals surface area contributed by atoms with Gasteiger partial charge in [0.05, 0.1) is 61.2 Å². The molecular weight excluding hydrogens is 893 g/mol. The van der Waals surface area contributed by atoms with Crippen LogP contribution in [0.4, 0.5) is 0 Å². The van der Waals surface area contributed by atoms with Crippen LogP contribution in [-0.4, -0.2) is 81.0 Å². The molecule has 1 unspecified atom stereocenters. The second-order valence-electron chi connectivity index (χ2n) is 23.9. The standard InChI is InChI=1S/C65H132O7/c1-6-11-16-21-26-31-36-41-46-51-61(72-60-62(56-66,57-67)58-68)65(59-69,63(70,52-47-42-37-32-27-22-17-12-7-2)53-48-43-38-33-28-23-18-13-8-3)64(71,54-49-44-39-34-29-24-19-14-9-4)55-50-45-40-35-30-25-20-15-10-5/h61,66-71H,6-60H2,1-5H3. The van der Waals surface area contributed by atoms with E-state index in [4.69, 9.17) is 4.74 Å². The molecule has 0 aliphatic heterocycles. The number of rotatable bonds is 60. The van der Waals surface area contributed by atoms with Crippen molar-refractivity contribution in [1.82, 2.24) is 0 Å². The molecule has 72 heavy (non-hydrogen) atoms. The molecule has 0 amide bonds. The van der Waals surface area contributed by atoms with Crippen LogP contribution in [0.1, 0.15) is 356 Å². The number of hydrogen-bond acceptors (Lipinski definition) is 7. The van der Waals surface area contributed by atoms with Gasteiger partial charge in [-0.1, -0.05) is 324 Å². The SMILES string of the molecule is CCCCCCCCCCCC(OCC(CO)(CO)CO)C(CO)(C(O)(CCCCCCCCCCC)CCCCCCCCCCC)C(O)(CCCCCCCCCCC)CCCCCCCCCCC. The first-order chi connectivity index (χ1) is 35.2. The second kappa shape index (κ2) is 50.2. The summed E-state index contributed by atoms with van der Waals surface area (Å²) in [6.07, 6.45) is 54.5. The van der Waals surface area contributed by atoms with Gasteiger partial charge in [0.1, 0.15) is 0 Å². The summed E-state index contributed by atoms with van der Waals surface area (Å²) in [5.74, 6) is 0. The molecule has 0 saturated carbocycles. The molecule has 1 atom stereocenters. The third-order valence-corrected chi connectivity index (χ3v) is 17.4. The minimum Gasteiger partial charge on any atom is -0.396 e. The maximum atomic E-state index is 14.1. The van der Waals surface area contributed by atoms with E-state index in [1.807, 2.05) is 0 Å². The molecule has 0 saturated heterocycles. The van der Waals surface area contributed by atoms with Gasteiger partial charge in [-0.25, -0.2) is 0 Å². The fraction of sp³-hybridized carbons (Fsp3) is 1.00.